The van der Waals surface area contributed by atoms with E-state index >= 15 is 0 Å². The topological polar surface area (TPSA) is 77.3 Å². The van der Waals surface area contributed by atoms with E-state index in [9.17, 15) is 13.2 Å². The fourth-order valence-electron chi connectivity index (χ4n) is 10.1. The Balaban J connectivity index is 0.000000181. The number of hydrogen-bond acceptors (Lipinski definition) is 6. The normalized spacial score (nSPS) is 11.3. The fourth-order valence-corrected chi connectivity index (χ4v) is 10.1. The van der Waals surface area contributed by atoms with Gasteiger partial charge in [0.2, 0.25) is 0 Å². The first-order chi connectivity index (χ1) is 50.1. The average Bonchev–Trinajstić information content (AvgIpc) is 0.763. The molecule has 0 amide bonds. The van der Waals surface area contributed by atoms with Crippen LogP contribution in [-0.2, 0) is 66.7 Å². The van der Waals surface area contributed by atoms with Crippen LogP contribution < -0.4 is 0 Å². The summed E-state index contributed by atoms with van der Waals surface area (Å²) in [6.07, 6.45) is 11.5. The molecule has 6 nitrogen and oxygen atoms in total. The van der Waals surface area contributed by atoms with E-state index in [-0.39, 0.29) is 77.8 Å². The quantitative estimate of drug-likeness (QED) is 0.120. The van der Waals surface area contributed by atoms with E-state index in [0.29, 0.717) is 27.9 Å². The molecule has 12 heteroatoms. The molecule has 1 atom stereocenters. The molecule has 0 spiro atoms. The number of pyridine rings is 6. The summed E-state index contributed by atoms with van der Waals surface area (Å²) >= 11 is 0. The third-order valence-electron chi connectivity index (χ3n) is 15.2. The van der Waals surface area contributed by atoms with E-state index in [1.54, 1.807) is 67.1 Å². The van der Waals surface area contributed by atoms with Crippen LogP contribution in [0.4, 0.5) is 13.2 Å². The van der Waals surface area contributed by atoms with Crippen LogP contribution in [0, 0.1) is 60.8 Å². The van der Waals surface area contributed by atoms with Crippen molar-refractivity contribution in [3.8, 4) is 101 Å². The van der Waals surface area contributed by atoms with Crippen molar-refractivity contribution in [3.63, 3.8) is 0 Å². The van der Waals surface area contributed by atoms with E-state index in [1.807, 2.05) is 220 Å². The van der Waals surface area contributed by atoms with Gasteiger partial charge in [0, 0.05) is 120 Å². The van der Waals surface area contributed by atoms with Crippen LogP contribution in [0.5, 0.6) is 0 Å². The number of rotatable bonds is 11. The van der Waals surface area contributed by atoms with Gasteiger partial charge in [-0.1, -0.05) is 112 Å². The molecule has 0 aliphatic rings. The van der Waals surface area contributed by atoms with Gasteiger partial charge >= 0.3 is 0 Å². The van der Waals surface area contributed by atoms with Crippen molar-refractivity contribution in [2.24, 2.45) is 0 Å². The molecule has 102 heavy (non-hydrogen) atoms. The predicted molar refractivity (Wildman–Crippen MR) is 395 cm³/mol. The maximum absolute atomic E-state index is 13.3. The zero-order valence-corrected chi connectivity index (χ0v) is 62.9. The van der Waals surface area contributed by atoms with E-state index in [0.717, 1.165) is 90.5 Å². The summed E-state index contributed by atoms with van der Waals surface area (Å²) in [6, 6.07) is 107. The molecule has 0 saturated heterocycles. The molecule has 3 radical (unpaired) electrons. The number of halogens is 3. The summed E-state index contributed by atoms with van der Waals surface area (Å²) in [4.78, 5) is 26.1. The Morgan fingerprint density at radius 1 is 0.343 bits per heavy atom. The Bertz CT molecular complexity index is 4730. The number of aryl methyl sites for hydroxylation is 2. The monoisotopic (exact) mass is 1870 g/mol. The molecule has 9 aromatic carbocycles. The second-order valence-electron chi connectivity index (χ2n) is 22.0. The van der Waals surface area contributed by atoms with E-state index < -0.39 is 12.7 Å². The Labute approximate surface area is 643 Å². The van der Waals surface area contributed by atoms with Gasteiger partial charge in [-0.25, -0.2) is 13.2 Å². The van der Waals surface area contributed by atoms with Gasteiger partial charge in [0.1, 0.15) is 17.5 Å². The molecule has 6 heterocycles. The third kappa shape index (κ3) is 23.6. The number of nitrogens with zero attached hydrogens (tertiary/aromatic N) is 6. The largest absolute Gasteiger partial charge is 0.305 e. The van der Waals surface area contributed by atoms with Crippen LogP contribution in [0.15, 0.2) is 328 Å². The van der Waals surface area contributed by atoms with Crippen LogP contribution in [0.1, 0.15) is 48.8 Å². The Morgan fingerprint density at radius 2 is 0.637 bits per heavy atom. The molecule has 0 aliphatic heterocycles. The van der Waals surface area contributed by atoms with Crippen LogP contribution in [0.3, 0.4) is 0 Å². The zero-order chi connectivity index (χ0) is 72.2. The van der Waals surface area contributed by atoms with Crippen LogP contribution in [-0.4, -0.2) is 29.9 Å². The van der Waals surface area contributed by atoms with Crippen molar-refractivity contribution in [2.75, 3.05) is 0 Å². The molecule has 1 unspecified atom stereocenters. The first-order valence-electron chi connectivity index (χ1n) is 33.9. The molecule has 0 aliphatic carbocycles. The summed E-state index contributed by atoms with van der Waals surface area (Å²) in [5.41, 5.74) is 18.8. The van der Waals surface area contributed by atoms with Gasteiger partial charge in [-0.05, 0) is 141 Å². The summed E-state index contributed by atoms with van der Waals surface area (Å²) in [5, 5.41) is 0. The molecule has 0 saturated carbocycles. The predicted octanol–water partition coefficient (Wildman–Crippen LogP) is 22.7. The van der Waals surface area contributed by atoms with Crippen molar-refractivity contribution in [2.45, 2.75) is 39.9 Å². The van der Waals surface area contributed by atoms with E-state index in [1.165, 1.54) is 55.1 Å². The van der Waals surface area contributed by atoms with Crippen LogP contribution >= 0.6 is 0 Å². The molecule has 15 rings (SSSR count). The summed E-state index contributed by atoms with van der Waals surface area (Å²) in [7, 11) is 0. The maximum atomic E-state index is 13.3. The second-order valence-corrected chi connectivity index (χ2v) is 22.0. The summed E-state index contributed by atoms with van der Waals surface area (Å²) in [5.74, 6) is -2.69. The average molecular weight is 1870 g/mol. The van der Waals surface area contributed by atoms with Gasteiger partial charge < -0.3 is 29.9 Å². The van der Waals surface area contributed by atoms with Crippen molar-refractivity contribution in [1.29, 1.82) is 0 Å². The number of hydrogen-bond donors (Lipinski definition) is 0. The summed E-state index contributed by atoms with van der Waals surface area (Å²) < 4.78 is 71.2. The van der Waals surface area contributed by atoms with Gasteiger partial charge in [-0.2, -0.15) is 0 Å². The Hall–Kier alpha value is -10.4. The Kier molecular flexibility index (Phi) is 30.0. The minimum atomic E-state index is -2.54. The van der Waals surface area contributed by atoms with Gasteiger partial charge in [0.05, 0.1) is 0 Å². The van der Waals surface area contributed by atoms with Crippen LogP contribution in [0.25, 0.3) is 101 Å². The molecule has 513 valence electrons. The minimum Gasteiger partial charge on any atom is -0.305 e. The molecular weight excluding hydrogens is 1800 g/mol. The van der Waals surface area contributed by atoms with Gasteiger partial charge in [0.15, 0.2) is 0 Å². The molecular formula is C90H69F3Ir3N6-6. The van der Waals surface area contributed by atoms with E-state index in [2.05, 4.69) is 79.3 Å². The molecule has 15 aromatic rings. The molecule has 6 aromatic heterocycles. The van der Waals surface area contributed by atoms with Crippen molar-refractivity contribution in [1.82, 2.24) is 29.9 Å². The SMILES string of the molecule is CCc1cc(-c2[c-]cccc2)ncc1-c1ccc(F)cc1.Cc1cc(-c2[c-]cccc2)ncc1-c1ccc(F)cc1.[2H]C([2H])([2H])C([2H])(C)c1cc(-c2[c-]cccc2)ncc1-c1ccc(F)cc1.[Ir].[Ir].[Ir].[c-]1ccccc1-c1ccccn1.[c-]1ccccc1-c1ccccn1.[c-]1ccccc1-c1ccccn1. The molecule has 0 N–H and O–H groups in total. The second kappa shape index (κ2) is 42.0. The first kappa shape index (κ1) is 72.9. The maximum Gasteiger partial charge on any atom is 0.123 e. The smallest absolute Gasteiger partial charge is 0.123 e. The van der Waals surface area contributed by atoms with E-state index in [4.69, 9.17) is 5.48 Å². The fraction of sp³-hybridized carbons (Fsp3) is 0.0667. The molecule has 0 bridgehead atoms. The van der Waals surface area contributed by atoms with Gasteiger partial charge in [-0.15, -0.1) is 215 Å². The van der Waals surface area contributed by atoms with Crippen molar-refractivity contribution >= 4 is 0 Å². The third-order valence-corrected chi connectivity index (χ3v) is 15.2. The van der Waals surface area contributed by atoms with Crippen LogP contribution in [0.2, 0.25) is 0 Å². The zero-order valence-electron chi connectivity index (χ0n) is 59.7. The Morgan fingerprint density at radius 3 is 0.941 bits per heavy atom. The molecule has 0 fully saturated rings. The minimum absolute atomic E-state index is 0. The first-order valence-corrected chi connectivity index (χ1v) is 31.9. The van der Waals surface area contributed by atoms with Crippen molar-refractivity contribution in [3.05, 3.63) is 399 Å². The number of aromatic nitrogens is 6. The van der Waals surface area contributed by atoms with Gasteiger partial charge in [0.25, 0.3) is 0 Å². The summed E-state index contributed by atoms with van der Waals surface area (Å²) in [6.45, 7) is 2.97. The number of benzene rings is 9. The van der Waals surface area contributed by atoms with Gasteiger partial charge in [-0.3, -0.25) is 0 Å². The standard InChI is InChI=1S/C20H17FN.C19H15FN.C18H13FN.3C11H8N.3Ir/c1-14(2)18-12-20(16-6-4-3-5-7-16)22-13-19(18)15-8-10-17(21)11-9-15;1-2-14-12-19(16-6-4-3-5-7-16)21-13-18(14)15-8-10-17(20)11-9-15;1-13-11-18(15-5-3-2-4-6-15)20-12-17(13)14-7-9-16(19)10-8-14;3*1-2-6-10(7-3-1)11-8-4-5-9-12-11;;;/h3-6,8-14H,1-2H3;3-6,8-13H,2H2,1H3;2-5,7-12H,1H3;3*1-6,8-9H;;;/q6*-1;;;/i1D3,14D;;;;;;;;. The van der Waals surface area contributed by atoms with Crippen molar-refractivity contribution < 1.29 is 79.0 Å².